The molecule has 1 aromatic heterocycles. The zero-order valence-electron chi connectivity index (χ0n) is 18.1. The summed E-state index contributed by atoms with van der Waals surface area (Å²) >= 11 is 0. The van der Waals surface area contributed by atoms with Gasteiger partial charge in [-0.1, -0.05) is 0 Å². The molecule has 2 amide bonds. The summed E-state index contributed by atoms with van der Waals surface area (Å²) in [7, 11) is 0. The summed E-state index contributed by atoms with van der Waals surface area (Å²) in [5.74, 6) is -2.68. The van der Waals surface area contributed by atoms with Crippen LogP contribution >= 0.6 is 0 Å². The van der Waals surface area contributed by atoms with Gasteiger partial charge in [-0.2, -0.15) is 0 Å². The van der Waals surface area contributed by atoms with Crippen LogP contribution in [0, 0.1) is 0 Å². The van der Waals surface area contributed by atoms with Gasteiger partial charge in [-0.15, -0.1) is 0 Å². The molecule has 1 rings (SSSR count). The first-order chi connectivity index (χ1) is 13.1. The van der Waals surface area contributed by atoms with Gasteiger partial charge in [-0.3, -0.25) is 9.59 Å². The van der Waals surface area contributed by atoms with Gasteiger partial charge < -0.3 is 25.1 Å². The topological polar surface area (TPSA) is 139 Å². The number of ether oxygens (including phenoxy) is 2. The summed E-state index contributed by atoms with van der Waals surface area (Å²) in [4.78, 5) is 55.4. The van der Waals surface area contributed by atoms with Gasteiger partial charge >= 0.3 is 11.9 Å². The molecule has 3 N–H and O–H groups in total. The predicted octanol–water partition coefficient (Wildman–Crippen LogP) is 1.33. The van der Waals surface area contributed by atoms with E-state index in [9.17, 15) is 19.2 Å². The fourth-order valence-electron chi connectivity index (χ4n) is 2.07. The van der Waals surface area contributed by atoms with E-state index in [-0.39, 0.29) is 11.4 Å². The third-order valence-electron chi connectivity index (χ3n) is 3.30. The molecule has 0 fully saturated rings. The fourth-order valence-corrected chi connectivity index (χ4v) is 2.07. The Kier molecular flexibility index (Phi) is 7.54. The number of aromatic nitrogens is 2. The van der Waals surface area contributed by atoms with E-state index in [1.54, 1.807) is 41.5 Å². The van der Waals surface area contributed by atoms with Crippen molar-refractivity contribution in [2.75, 3.05) is 0 Å². The third-order valence-corrected chi connectivity index (χ3v) is 3.30. The summed E-state index contributed by atoms with van der Waals surface area (Å²) in [6.07, 6.45) is 1.17. The molecule has 0 saturated carbocycles. The van der Waals surface area contributed by atoms with Crippen molar-refractivity contribution in [1.82, 2.24) is 20.6 Å². The lowest BCUT2D eigenvalue weighted by atomic mass is 10.2. The monoisotopic (exact) mass is 410 g/mol. The fraction of sp³-hybridized carbons (Fsp3) is 0.632. The van der Waals surface area contributed by atoms with Crippen molar-refractivity contribution in [2.24, 2.45) is 0 Å². The minimum Gasteiger partial charge on any atom is -0.458 e. The lowest BCUT2D eigenvalue weighted by Crippen LogP contribution is -2.44. The maximum Gasteiger partial charge on any atom is 0.328 e. The van der Waals surface area contributed by atoms with Crippen LogP contribution in [-0.4, -0.2) is 57.0 Å². The van der Waals surface area contributed by atoms with E-state index in [0.717, 1.165) is 0 Å². The minimum atomic E-state index is -0.949. The molecule has 1 aromatic rings. The molecule has 0 saturated heterocycles. The number of imidazole rings is 1. The number of esters is 2. The number of H-pyrrole nitrogens is 1. The van der Waals surface area contributed by atoms with Crippen molar-refractivity contribution in [3.63, 3.8) is 0 Å². The molecule has 0 aromatic carbocycles. The maximum atomic E-state index is 12.5. The largest absolute Gasteiger partial charge is 0.458 e. The highest BCUT2D eigenvalue weighted by atomic mass is 16.6. The zero-order chi connectivity index (χ0) is 22.6. The number of hydrogen-bond donors (Lipinski definition) is 3. The molecule has 10 nitrogen and oxygen atoms in total. The summed E-state index contributed by atoms with van der Waals surface area (Å²) in [6.45, 7) is 13.2. The number of aromatic amines is 1. The molecular formula is C19H30N4O6. The molecule has 0 bridgehead atoms. The van der Waals surface area contributed by atoms with Gasteiger partial charge in [0, 0.05) is 0 Å². The SMILES string of the molecule is C[C@H](NC(=O)c1nc[nH]c1C(=O)N[C@@H](C)C(=O)OC(C)(C)C)C(=O)OC(C)(C)C. The van der Waals surface area contributed by atoms with Gasteiger partial charge in [0.2, 0.25) is 0 Å². The Morgan fingerprint density at radius 2 is 1.28 bits per heavy atom. The Morgan fingerprint density at radius 1 is 0.862 bits per heavy atom. The van der Waals surface area contributed by atoms with Gasteiger partial charge in [0.05, 0.1) is 6.33 Å². The summed E-state index contributed by atoms with van der Waals surface area (Å²) in [5, 5.41) is 4.89. The number of carbonyl (C=O) groups is 4. The molecule has 0 unspecified atom stereocenters. The second kappa shape index (κ2) is 9.06. The van der Waals surface area contributed by atoms with E-state index < -0.39 is 47.0 Å². The Balaban J connectivity index is 2.80. The van der Waals surface area contributed by atoms with Gasteiger partial charge in [-0.05, 0) is 55.4 Å². The van der Waals surface area contributed by atoms with Crippen LogP contribution in [0.1, 0.15) is 76.4 Å². The summed E-state index contributed by atoms with van der Waals surface area (Å²) < 4.78 is 10.4. The van der Waals surface area contributed by atoms with Gasteiger partial charge in [0.25, 0.3) is 11.8 Å². The van der Waals surface area contributed by atoms with E-state index in [2.05, 4.69) is 20.6 Å². The number of nitrogens with zero attached hydrogens (tertiary/aromatic N) is 1. The van der Waals surface area contributed by atoms with E-state index in [1.807, 2.05) is 0 Å². The normalized spacial score (nSPS) is 13.8. The van der Waals surface area contributed by atoms with E-state index in [0.29, 0.717) is 0 Å². The molecule has 0 aliphatic heterocycles. The molecular weight excluding hydrogens is 380 g/mol. The van der Waals surface area contributed by atoms with Gasteiger partial charge in [0.1, 0.15) is 29.0 Å². The molecule has 0 spiro atoms. The number of rotatable bonds is 6. The molecule has 10 heteroatoms. The second-order valence-corrected chi connectivity index (χ2v) is 8.58. The second-order valence-electron chi connectivity index (χ2n) is 8.58. The summed E-state index contributed by atoms with van der Waals surface area (Å²) in [6, 6.07) is -1.89. The van der Waals surface area contributed by atoms with E-state index >= 15 is 0 Å². The first-order valence-corrected chi connectivity index (χ1v) is 9.21. The lowest BCUT2D eigenvalue weighted by Gasteiger charge is -2.23. The Hall–Kier alpha value is -2.91. The molecule has 0 radical (unpaired) electrons. The average Bonchev–Trinajstić information content (AvgIpc) is 3.01. The van der Waals surface area contributed by atoms with Crippen LogP contribution < -0.4 is 10.6 Å². The van der Waals surface area contributed by atoms with Gasteiger partial charge in [0.15, 0.2) is 5.69 Å². The van der Waals surface area contributed by atoms with Crippen LogP contribution in [-0.2, 0) is 19.1 Å². The van der Waals surface area contributed by atoms with Crippen LogP contribution in [0.5, 0.6) is 0 Å². The number of amides is 2. The molecule has 1 heterocycles. The Labute approximate surface area is 170 Å². The van der Waals surface area contributed by atoms with Crippen molar-refractivity contribution in [1.29, 1.82) is 0 Å². The Bertz CT molecular complexity index is 710. The first-order valence-electron chi connectivity index (χ1n) is 9.21. The van der Waals surface area contributed by atoms with Crippen molar-refractivity contribution in [2.45, 2.75) is 78.7 Å². The lowest BCUT2D eigenvalue weighted by molar-refractivity contribution is -0.157. The zero-order valence-corrected chi connectivity index (χ0v) is 18.1. The smallest absolute Gasteiger partial charge is 0.328 e. The molecule has 0 aliphatic carbocycles. The average molecular weight is 410 g/mol. The standard InChI is InChI=1S/C19H30N4O6/c1-10(16(26)28-18(3,4)5)22-14(24)12-13(21-9-20-12)15(25)23-11(2)17(27)29-19(6,7)8/h9-11H,1-8H3,(H,20,21)(H,22,24)(H,23,25)/t10-,11-/m0/s1. The van der Waals surface area contributed by atoms with E-state index in [1.165, 1.54) is 20.2 Å². The van der Waals surface area contributed by atoms with Crippen molar-refractivity contribution < 1.29 is 28.7 Å². The molecule has 2 atom stereocenters. The minimum absolute atomic E-state index is 0.144. The molecule has 162 valence electrons. The van der Waals surface area contributed by atoms with Crippen molar-refractivity contribution >= 4 is 23.8 Å². The number of nitrogens with one attached hydrogen (secondary N) is 3. The highest BCUT2D eigenvalue weighted by molar-refractivity contribution is 6.06. The number of carbonyl (C=O) groups excluding carboxylic acids is 4. The third kappa shape index (κ3) is 7.92. The first kappa shape index (κ1) is 24.1. The highest BCUT2D eigenvalue weighted by Crippen LogP contribution is 2.11. The van der Waals surface area contributed by atoms with Crippen molar-refractivity contribution in [3.05, 3.63) is 17.7 Å². The quantitative estimate of drug-likeness (QED) is 0.601. The van der Waals surface area contributed by atoms with Crippen LogP contribution in [0.3, 0.4) is 0 Å². The van der Waals surface area contributed by atoms with E-state index in [4.69, 9.17) is 9.47 Å². The van der Waals surface area contributed by atoms with Crippen LogP contribution in [0.25, 0.3) is 0 Å². The van der Waals surface area contributed by atoms with Crippen LogP contribution in [0.4, 0.5) is 0 Å². The Morgan fingerprint density at radius 3 is 1.69 bits per heavy atom. The predicted molar refractivity (Wildman–Crippen MR) is 104 cm³/mol. The molecule has 29 heavy (non-hydrogen) atoms. The van der Waals surface area contributed by atoms with Crippen LogP contribution in [0.2, 0.25) is 0 Å². The van der Waals surface area contributed by atoms with Crippen LogP contribution in [0.15, 0.2) is 6.33 Å². The summed E-state index contributed by atoms with van der Waals surface area (Å²) in [5.41, 5.74) is -1.76. The molecule has 0 aliphatic rings. The maximum absolute atomic E-state index is 12.5. The highest BCUT2D eigenvalue weighted by Gasteiger charge is 2.28. The van der Waals surface area contributed by atoms with Crippen molar-refractivity contribution in [3.8, 4) is 0 Å². The number of hydrogen-bond acceptors (Lipinski definition) is 7. The van der Waals surface area contributed by atoms with Gasteiger partial charge in [-0.25, -0.2) is 14.6 Å².